The zero-order valence-electron chi connectivity index (χ0n) is 18.2. The molecule has 1 N–H and O–H groups in total. The highest BCUT2D eigenvalue weighted by molar-refractivity contribution is 7.11. The van der Waals surface area contributed by atoms with E-state index in [1.54, 1.807) is 31.4 Å². The first-order valence-corrected chi connectivity index (χ1v) is 11.1. The second-order valence-electron chi connectivity index (χ2n) is 7.39. The molecule has 0 radical (unpaired) electrons. The molecule has 0 spiro atoms. The Labute approximate surface area is 191 Å². The number of carbonyl (C=O) groups excluding carboxylic acids is 2. The van der Waals surface area contributed by atoms with Crippen LogP contribution in [0.25, 0.3) is 5.57 Å². The SMILES string of the molecule is COc1ccc(OCCN2C(=O)C(Nc3cccc(C)c3C)=C(c3cccs3)C2=O)cc1. The van der Waals surface area contributed by atoms with Gasteiger partial charge in [0.2, 0.25) is 0 Å². The zero-order chi connectivity index (χ0) is 22.7. The smallest absolute Gasteiger partial charge is 0.278 e. The van der Waals surface area contributed by atoms with Gasteiger partial charge >= 0.3 is 0 Å². The van der Waals surface area contributed by atoms with E-state index in [9.17, 15) is 9.59 Å². The van der Waals surface area contributed by atoms with Gasteiger partial charge in [0.1, 0.15) is 23.8 Å². The number of methoxy groups -OCH3 is 1. The maximum Gasteiger partial charge on any atom is 0.278 e. The number of nitrogens with one attached hydrogen (secondary N) is 1. The number of aryl methyl sites for hydroxylation is 1. The number of amides is 2. The van der Waals surface area contributed by atoms with E-state index in [2.05, 4.69) is 5.32 Å². The van der Waals surface area contributed by atoms with Crippen LogP contribution < -0.4 is 14.8 Å². The number of thiophene rings is 1. The van der Waals surface area contributed by atoms with Gasteiger partial charge in [0.25, 0.3) is 11.8 Å². The molecule has 0 unspecified atom stereocenters. The molecule has 32 heavy (non-hydrogen) atoms. The third-order valence-electron chi connectivity index (χ3n) is 5.44. The molecule has 2 aromatic carbocycles. The van der Waals surface area contributed by atoms with Crippen LogP contribution in [0, 0.1) is 13.8 Å². The largest absolute Gasteiger partial charge is 0.497 e. The number of benzene rings is 2. The molecule has 0 atom stereocenters. The molecule has 2 heterocycles. The summed E-state index contributed by atoms with van der Waals surface area (Å²) in [4.78, 5) is 28.5. The van der Waals surface area contributed by atoms with Crippen LogP contribution in [0.1, 0.15) is 16.0 Å². The molecule has 164 valence electrons. The van der Waals surface area contributed by atoms with E-state index in [0.717, 1.165) is 27.4 Å². The first-order valence-electron chi connectivity index (χ1n) is 10.2. The summed E-state index contributed by atoms with van der Waals surface area (Å²) in [5.74, 6) is 0.709. The minimum atomic E-state index is -0.349. The van der Waals surface area contributed by atoms with Crippen molar-refractivity contribution in [3.8, 4) is 11.5 Å². The number of ether oxygens (including phenoxy) is 2. The Morgan fingerprint density at radius 1 is 0.938 bits per heavy atom. The summed E-state index contributed by atoms with van der Waals surface area (Å²) < 4.78 is 10.9. The molecule has 4 rings (SSSR count). The molecular formula is C25H24N2O4S. The molecule has 3 aromatic rings. The Hall–Kier alpha value is -3.58. The number of imide groups is 1. The van der Waals surface area contributed by atoms with E-state index in [1.807, 2.05) is 49.6 Å². The van der Waals surface area contributed by atoms with Crippen molar-refractivity contribution in [2.45, 2.75) is 13.8 Å². The van der Waals surface area contributed by atoms with Crippen molar-refractivity contribution in [1.82, 2.24) is 4.90 Å². The monoisotopic (exact) mass is 448 g/mol. The normalized spacial score (nSPS) is 13.7. The van der Waals surface area contributed by atoms with E-state index in [4.69, 9.17) is 9.47 Å². The first kappa shape index (κ1) is 21.6. The Kier molecular flexibility index (Phi) is 6.28. The summed E-state index contributed by atoms with van der Waals surface area (Å²) in [6, 6.07) is 16.7. The summed E-state index contributed by atoms with van der Waals surface area (Å²) in [5, 5.41) is 5.13. The summed E-state index contributed by atoms with van der Waals surface area (Å²) in [6.45, 7) is 4.35. The van der Waals surface area contributed by atoms with Gasteiger partial charge in [-0.05, 0) is 66.8 Å². The highest BCUT2D eigenvalue weighted by Crippen LogP contribution is 2.33. The molecule has 0 saturated heterocycles. The molecular weight excluding hydrogens is 424 g/mol. The van der Waals surface area contributed by atoms with Gasteiger partial charge in [-0.1, -0.05) is 18.2 Å². The van der Waals surface area contributed by atoms with Crippen LogP contribution in [0.3, 0.4) is 0 Å². The first-order chi connectivity index (χ1) is 15.5. The summed E-state index contributed by atoms with van der Waals surface area (Å²) >= 11 is 1.43. The third-order valence-corrected chi connectivity index (χ3v) is 6.33. The molecule has 0 fully saturated rings. The van der Waals surface area contributed by atoms with Gasteiger partial charge in [-0.25, -0.2) is 0 Å². The Morgan fingerprint density at radius 3 is 2.38 bits per heavy atom. The quantitative estimate of drug-likeness (QED) is 0.509. The number of anilines is 1. The lowest BCUT2D eigenvalue weighted by atomic mass is 10.1. The van der Waals surface area contributed by atoms with E-state index >= 15 is 0 Å². The molecule has 1 aromatic heterocycles. The van der Waals surface area contributed by atoms with E-state index in [1.165, 1.54) is 16.2 Å². The van der Waals surface area contributed by atoms with E-state index in [-0.39, 0.29) is 25.0 Å². The summed E-state index contributed by atoms with van der Waals surface area (Å²) in [6.07, 6.45) is 0. The Bertz CT molecular complexity index is 1170. The lowest BCUT2D eigenvalue weighted by Gasteiger charge is -2.16. The number of carbonyl (C=O) groups is 2. The van der Waals surface area contributed by atoms with Crippen LogP contribution in [0.15, 0.2) is 65.7 Å². The summed E-state index contributed by atoms with van der Waals surface area (Å²) in [5.41, 5.74) is 3.65. The lowest BCUT2D eigenvalue weighted by molar-refractivity contribution is -0.137. The minimum Gasteiger partial charge on any atom is -0.497 e. The molecule has 0 saturated carbocycles. The van der Waals surface area contributed by atoms with Gasteiger partial charge in [-0.15, -0.1) is 11.3 Å². The molecule has 7 heteroatoms. The van der Waals surface area contributed by atoms with Crippen molar-refractivity contribution in [3.63, 3.8) is 0 Å². The highest BCUT2D eigenvalue weighted by atomic mass is 32.1. The molecule has 1 aliphatic heterocycles. The predicted octanol–water partition coefficient (Wildman–Crippen LogP) is 4.64. The van der Waals surface area contributed by atoms with E-state index < -0.39 is 0 Å². The minimum absolute atomic E-state index is 0.149. The van der Waals surface area contributed by atoms with Gasteiger partial charge in [-0.2, -0.15) is 0 Å². The van der Waals surface area contributed by atoms with E-state index in [0.29, 0.717) is 17.0 Å². The topological polar surface area (TPSA) is 67.9 Å². The van der Waals surface area contributed by atoms with Gasteiger partial charge in [0.15, 0.2) is 0 Å². The fourth-order valence-corrected chi connectivity index (χ4v) is 4.26. The number of rotatable bonds is 8. The van der Waals surface area contributed by atoms with Crippen LogP contribution in [-0.4, -0.2) is 37.0 Å². The fraction of sp³-hybridized carbons (Fsp3) is 0.200. The average molecular weight is 449 g/mol. The molecule has 1 aliphatic rings. The van der Waals surface area contributed by atoms with Crippen molar-refractivity contribution < 1.29 is 19.1 Å². The maximum absolute atomic E-state index is 13.3. The van der Waals surface area contributed by atoms with Gasteiger partial charge in [0.05, 0.1) is 19.2 Å². The van der Waals surface area contributed by atoms with Gasteiger partial charge < -0.3 is 14.8 Å². The standard InChI is InChI=1S/C25H24N2O4S/c1-16-6-4-7-20(17(16)2)26-23-22(21-8-5-15-32-21)24(28)27(25(23)29)13-14-31-19-11-9-18(30-3)10-12-19/h4-12,15,26H,13-14H2,1-3H3. The Morgan fingerprint density at radius 2 is 1.69 bits per heavy atom. The number of hydrogen-bond acceptors (Lipinski definition) is 6. The molecule has 0 bridgehead atoms. The van der Waals surface area contributed by atoms with Gasteiger partial charge in [-0.3, -0.25) is 14.5 Å². The summed E-state index contributed by atoms with van der Waals surface area (Å²) in [7, 11) is 1.60. The van der Waals surface area contributed by atoms with Crippen molar-refractivity contribution in [3.05, 3.63) is 81.7 Å². The maximum atomic E-state index is 13.3. The van der Waals surface area contributed by atoms with Crippen molar-refractivity contribution >= 4 is 34.4 Å². The molecule has 0 aliphatic carbocycles. The fourth-order valence-electron chi connectivity index (χ4n) is 3.49. The molecule has 6 nitrogen and oxygen atoms in total. The van der Waals surface area contributed by atoms with Crippen LogP contribution >= 0.6 is 11.3 Å². The zero-order valence-corrected chi connectivity index (χ0v) is 19.0. The highest BCUT2D eigenvalue weighted by Gasteiger charge is 2.39. The third kappa shape index (κ3) is 4.24. The van der Waals surface area contributed by atoms with Crippen LogP contribution in [0.5, 0.6) is 11.5 Å². The number of hydrogen-bond donors (Lipinski definition) is 1. The second kappa shape index (κ2) is 9.28. The van der Waals surface area contributed by atoms with Crippen LogP contribution in [-0.2, 0) is 9.59 Å². The second-order valence-corrected chi connectivity index (χ2v) is 8.33. The lowest BCUT2D eigenvalue weighted by Crippen LogP contribution is -2.36. The predicted molar refractivity (Wildman–Crippen MR) is 126 cm³/mol. The van der Waals surface area contributed by atoms with Crippen molar-refractivity contribution in [2.24, 2.45) is 0 Å². The number of nitrogens with zero attached hydrogens (tertiary/aromatic N) is 1. The van der Waals surface area contributed by atoms with Crippen LogP contribution in [0.2, 0.25) is 0 Å². The van der Waals surface area contributed by atoms with Crippen LogP contribution in [0.4, 0.5) is 5.69 Å². The molecule has 2 amide bonds. The van der Waals surface area contributed by atoms with Crippen molar-refractivity contribution in [1.29, 1.82) is 0 Å². The average Bonchev–Trinajstić information content (AvgIpc) is 3.40. The van der Waals surface area contributed by atoms with Gasteiger partial charge in [0, 0.05) is 10.6 Å². The Balaban J connectivity index is 1.54. The van der Waals surface area contributed by atoms with Crippen molar-refractivity contribution in [2.75, 3.05) is 25.6 Å².